The standard InChI is InChI=1S/C18H29N3O/c1-14(2)7-10-21-11-8-15(9-12-21)13-20-18(22)16-5-3-4-6-17(16)19/h3-6,14-15H,7-13,19H2,1-2H3,(H,20,22). The van der Waals surface area contributed by atoms with E-state index in [1.165, 1.54) is 25.8 Å². The van der Waals surface area contributed by atoms with Gasteiger partial charge in [-0.2, -0.15) is 0 Å². The van der Waals surface area contributed by atoms with E-state index in [4.69, 9.17) is 5.73 Å². The van der Waals surface area contributed by atoms with Gasteiger partial charge in [0.2, 0.25) is 0 Å². The molecule has 0 aromatic heterocycles. The molecule has 0 saturated carbocycles. The molecule has 0 unspecified atom stereocenters. The number of para-hydroxylation sites is 1. The van der Waals surface area contributed by atoms with Crippen LogP contribution in [-0.2, 0) is 0 Å². The van der Waals surface area contributed by atoms with Crippen LogP contribution in [0.3, 0.4) is 0 Å². The lowest BCUT2D eigenvalue weighted by atomic mass is 9.96. The Morgan fingerprint density at radius 1 is 1.32 bits per heavy atom. The zero-order valence-electron chi connectivity index (χ0n) is 13.8. The van der Waals surface area contributed by atoms with Crippen LogP contribution in [0.4, 0.5) is 5.69 Å². The van der Waals surface area contributed by atoms with Gasteiger partial charge in [0, 0.05) is 12.2 Å². The number of nitrogen functional groups attached to an aromatic ring is 1. The Balaban J connectivity index is 1.71. The zero-order chi connectivity index (χ0) is 15.9. The van der Waals surface area contributed by atoms with Crippen molar-refractivity contribution < 1.29 is 4.79 Å². The molecule has 1 amide bonds. The van der Waals surface area contributed by atoms with Gasteiger partial charge in [-0.05, 0) is 62.9 Å². The number of nitrogens with zero attached hydrogens (tertiary/aromatic N) is 1. The lowest BCUT2D eigenvalue weighted by Gasteiger charge is -2.32. The molecule has 0 radical (unpaired) electrons. The van der Waals surface area contributed by atoms with E-state index in [2.05, 4.69) is 24.1 Å². The van der Waals surface area contributed by atoms with Crippen molar-refractivity contribution in [2.45, 2.75) is 33.1 Å². The molecule has 1 fully saturated rings. The maximum atomic E-state index is 12.1. The predicted octanol–water partition coefficient (Wildman–Crippen LogP) is 2.76. The molecule has 1 aromatic carbocycles. The number of carbonyl (C=O) groups is 1. The summed E-state index contributed by atoms with van der Waals surface area (Å²) in [4.78, 5) is 14.7. The van der Waals surface area contributed by atoms with Crippen LogP contribution in [0.2, 0.25) is 0 Å². The molecule has 1 heterocycles. The van der Waals surface area contributed by atoms with Crippen LogP contribution in [0, 0.1) is 11.8 Å². The van der Waals surface area contributed by atoms with Gasteiger partial charge in [-0.15, -0.1) is 0 Å². The second-order valence-corrected chi connectivity index (χ2v) is 6.76. The number of nitrogens with one attached hydrogen (secondary N) is 1. The van der Waals surface area contributed by atoms with Crippen LogP contribution >= 0.6 is 0 Å². The molecule has 122 valence electrons. The van der Waals surface area contributed by atoms with Gasteiger partial charge in [0.15, 0.2) is 0 Å². The molecule has 4 nitrogen and oxygen atoms in total. The van der Waals surface area contributed by atoms with Crippen molar-refractivity contribution in [2.75, 3.05) is 31.9 Å². The third-order valence-corrected chi connectivity index (χ3v) is 4.49. The SMILES string of the molecule is CC(C)CCN1CCC(CNC(=O)c2ccccc2N)CC1. The number of rotatable bonds is 6. The number of nitrogens with two attached hydrogens (primary N) is 1. The first kappa shape index (κ1) is 16.8. The summed E-state index contributed by atoms with van der Waals surface area (Å²) >= 11 is 0. The zero-order valence-corrected chi connectivity index (χ0v) is 13.8. The first-order valence-corrected chi connectivity index (χ1v) is 8.41. The molecule has 3 N–H and O–H groups in total. The monoisotopic (exact) mass is 303 g/mol. The summed E-state index contributed by atoms with van der Waals surface area (Å²) in [6.07, 6.45) is 3.61. The quantitative estimate of drug-likeness (QED) is 0.795. The number of hydrogen-bond acceptors (Lipinski definition) is 3. The lowest BCUT2D eigenvalue weighted by Crippen LogP contribution is -2.39. The molecule has 0 spiro atoms. The van der Waals surface area contributed by atoms with Gasteiger partial charge < -0.3 is 16.0 Å². The van der Waals surface area contributed by atoms with Gasteiger partial charge in [0.25, 0.3) is 5.91 Å². The van der Waals surface area contributed by atoms with E-state index in [-0.39, 0.29) is 5.91 Å². The van der Waals surface area contributed by atoms with Crippen LogP contribution in [-0.4, -0.2) is 37.0 Å². The van der Waals surface area contributed by atoms with Gasteiger partial charge in [0.05, 0.1) is 5.56 Å². The number of anilines is 1. The third-order valence-electron chi connectivity index (χ3n) is 4.49. The van der Waals surface area contributed by atoms with E-state index < -0.39 is 0 Å². The number of amides is 1. The Labute approximate surface area is 134 Å². The summed E-state index contributed by atoms with van der Waals surface area (Å²) in [7, 11) is 0. The van der Waals surface area contributed by atoms with Crippen molar-refractivity contribution in [3.8, 4) is 0 Å². The summed E-state index contributed by atoms with van der Waals surface area (Å²) in [5, 5.41) is 3.04. The highest BCUT2D eigenvalue weighted by Gasteiger charge is 2.20. The molecule has 0 aliphatic carbocycles. The highest BCUT2D eigenvalue weighted by molar-refractivity contribution is 5.99. The summed E-state index contributed by atoms with van der Waals surface area (Å²) in [6.45, 7) is 8.82. The molecule has 1 saturated heterocycles. The molecule has 22 heavy (non-hydrogen) atoms. The van der Waals surface area contributed by atoms with E-state index in [9.17, 15) is 4.79 Å². The summed E-state index contributed by atoms with van der Waals surface area (Å²) in [5.41, 5.74) is 6.96. The second-order valence-electron chi connectivity index (χ2n) is 6.76. The smallest absolute Gasteiger partial charge is 0.253 e. The fourth-order valence-electron chi connectivity index (χ4n) is 2.89. The van der Waals surface area contributed by atoms with Crippen molar-refractivity contribution in [1.29, 1.82) is 0 Å². The Kier molecular flexibility index (Phi) is 6.25. The average molecular weight is 303 g/mol. The van der Waals surface area contributed by atoms with E-state index in [1.807, 2.05) is 12.1 Å². The molecule has 1 aromatic rings. The lowest BCUT2D eigenvalue weighted by molar-refractivity contribution is 0.0936. The Morgan fingerprint density at radius 3 is 2.64 bits per heavy atom. The second kappa shape index (κ2) is 8.18. The third kappa shape index (κ3) is 5.02. The maximum absolute atomic E-state index is 12.1. The van der Waals surface area contributed by atoms with Crippen molar-refractivity contribution >= 4 is 11.6 Å². The topological polar surface area (TPSA) is 58.4 Å². The predicted molar refractivity (Wildman–Crippen MR) is 91.8 cm³/mol. The number of piperidine rings is 1. The number of hydrogen-bond donors (Lipinski definition) is 2. The first-order valence-electron chi connectivity index (χ1n) is 8.41. The minimum atomic E-state index is -0.0552. The minimum absolute atomic E-state index is 0.0552. The Hall–Kier alpha value is -1.55. The average Bonchev–Trinajstić information content (AvgIpc) is 2.52. The van der Waals surface area contributed by atoms with Crippen LogP contribution < -0.4 is 11.1 Å². The summed E-state index contributed by atoms with van der Waals surface area (Å²) in [5.74, 6) is 1.30. The molecular weight excluding hydrogens is 274 g/mol. The van der Waals surface area contributed by atoms with E-state index in [1.54, 1.807) is 12.1 Å². The molecule has 1 aliphatic rings. The Morgan fingerprint density at radius 2 is 2.00 bits per heavy atom. The van der Waals surface area contributed by atoms with Crippen LogP contribution in [0.25, 0.3) is 0 Å². The maximum Gasteiger partial charge on any atom is 0.253 e. The normalized spacial score (nSPS) is 16.9. The largest absolute Gasteiger partial charge is 0.398 e. The highest BCUT2D eigenvalue weighted by Crippen LogP contribution is 2.18. The van der Waals surface area contributed by atoms with E-state index in [0.717, 1.165) is 25.6 Å². The molecule has 0 bridgehead atoms. The number of likely N-dealkylation sites (tertiary alicyclic amines) is 1. The van der Waals surface area contributed by atoms with Gasteiger partial charge in [-0.1, -0.05) is 26.0 Å². The molecule has 1 aliphatic heterocycles. The van der Waals surface area contributed by atoms with Gasteiger partial charge in [0.1, 0.15) is 0 Å². The van der Waals surface area contributed by atoms with E-state index in [0.29, 0.717) is 17.2 Å². The van der Waals surface area contributed by atoms with Crippen LogP contribution in [0.1, 0.15) is 43.5 Å². The van der Waals surface area contributed by atoms with Crippen molar-refractivity contribution in [3.05, 3.63) is 29.8 Å². The first-order chi connectivity index (χ1) is 10.6. The van der Waals surface area contributed by atoms with Gasteiger partial charge in [-0.3, -0.25) is 4.79 Å². The van der Waals surface area contributed by atoms with Crippen molar-refractivity contribution in [2.24, 2.45) is 11.8 Å². The molecule has 4 heteroatoms. The highest BCUT2D eigenvalue weighted by atomic mass is 16.1. The Bertz CT molecular complexity index is 479. The fraction of sp³-hybridized carbons (Fsp3) is 0.611. The summed E-state index contributed by atoms with van der Waals surface area (Å²) in [6, 6.07) is 7.23. The number of benzene rings is 1. The van der Waals surface area contributed by atoms with E-state index >= 15 is 0 Å². The van der Waals surface area contributed by atoms with Crippen LogP contribution in [0.5, 0.6) is 0 Å². The van der Waals surface area contributed by atoms with Crippen molar-refractivity contribution in [1.82, 2.24) is 10.2 Å². The number of carbonyl (C=O) groups excluding carboxylic acids is 1. The molecular formula is C18H29N3O. The summed E-state index contributed by atoms with van der Waals surface area (Å²) < 4.78 is 0. The van der Waals surface area contributed by atoms with Gasteiger partial charge >= 0.3 is 0 Å². The van der Waals surface area contributed by atoms with Crippen molar-refractivity contribution in [3.63, 3.8) is 0 Å². The molecule has 0 atom stereocenters. The van der Waals surface area contributed by atoms with Gasteiger partial charge in [-0.25, -0.2) is 0 Å². The van der Waals surface area contributed by atoms with Crippen LogP contribution in [0.15, 0.2) is 24.3 Å². The molecule has 2 rings (SSSR count). The minimum Gasteiger partial charge on any atom is -0.398 e. The fourth-order valence-corrected chi connectivity index (χ4v) is 2.89.